The van der Waals surface area contributed by atoms with E-state index in [2.05, 4.69) is 5.16 Å². The first-order valence-corrected chi connectivity index (χ1v) is 9.35. The number of oxime groups is 1. The molecule has 0 spiro atoms. The molecule has 1 heterocycles. The number of aliphatic carboxylic acids is 1. The van der Waals surface area contributed by atoms with E-state index < -0.39 is 11.8 Å². The van der Waals surface area contributed by atoms with Crippen LogP contribution >= 0.6 is 0 Å². The molecule has 27 heavy (non-hydrogen) atoms. The lowest BCUT2D eigenvalue weighted by Gasteiger charge is -2.34. The van der Waals surface area contributed by atoms with Gasteiger partial charge in [0.05, 0.1) is 25.5 Å². The Kier molecular flexibility index (Phi) is 8.06. The quantitative estimate of drug-likeness (QED) is 0.381. The first-order chi connectivity index (χ1) is 12.9. The van der Waals surface area contributed by atoms with Crippen LogP contribution in [0, 0.1) is 5.92 Å². The molecule has 1 saturated heterocycles. The van der Waals surface area contributed by atoms with Crippen LogP contribution in [-0.4, -0.2) is 49.0 Å². The van der Waals surface area contributed by atoms with Crippen molar-refractivity contribution < 1.29 is 28.9 Å². The van der Waals surface area contributed by atoms with Crippen molar-refractivity contribution >= 4 is 11.7 Å². The minimum Gasteiger partial charge on any atom is -0.494 e. The van der Waals surface area contributed by atoms with E-state index in [1.807, 2.05) is 38.1 Å². The predicted octanol–water partition coefficient (Wildman–Crippen LogP) is 3.46. The van der Waals surface area contributed by atoms with Crippen LogP contribution in [-0.2, 0) is 19.1 Å². The molecule has 1 aromatic rings. The number of carboxylic acids is 1. The molecule has 0 aliphatic carbocycles. The van der Waals surface area contributed by atoms with Gasteiger partial charge >= 0.3 is 5.97 Å². The van der Waals surface area contributed by atoms with Crippen LogP contribution in [0.15, 0.2) is 29.4 Å². The van der Waals surface area contributed by atoms with Crippen LogP contribution in [0.25, 0.3) is 0 Å². The molecular weight excluding hydrogens is 350 g/mol. The van der Waals surface area contributed by atoms with Crippen molar-refractivity contribution in [1.82, 2.24) is 0 Å². The Hall–Kier alpha value is -2.12. The summed E-state index contributed by atoms with van der Waals surface area (Å²) < 4.78 is 16.1. The molecule has 2 rings (SSSR count). The zero-order chi connectivity index (χ0) is 19.7. The van der Waals surface area contributed by atoms with Crippen LogP contribution in [0.3, 0.4) is 0 Å². The zero-order valence-corrected chi connectivity index (χ0v) is 16.3. The predicted molar refractivity (Wildman–Crippen MR) is 101 cm³/mol. The minimum absolute atomic E-state index is 0.214. The summed E-state index contributed by atoms with van der Waals surface area (Å²) in [5, 5.41) is 13.2. The average molecular weight is 379 g/mol. The second-order valence-electron chi connectivity index (χ2n) is 6.70. The minimum atomic E-state index is -1.51. The van der Waals surface area contributed by atoms with Gasteiger partial charge in [0.1, 0.15) is 12.4 Å². The molecule has 1 N–H and O–H groups in total. The Balaban J connectivity index is 1.61. The molecule has 0 aromatic heterocycles. The number of carbonyl (C=O) groups is 1. The van der Waals surface area contributed by atoms with Crippen LogP contribution in [0.4, 0.5) is 0 Å². The van der Waals surface area contributed by atoms with Gasteiger partial charge in [-0.1, -0.05) is 5.16 Å². The van der Waals surface area contributed by atoms with Gasteiger partial charge in [-0.3, -0.25) is 0 Å². The number of ether oxygens (including phenoxy) is 3. The van der Waals surface area contributed by atoms with E-state index in [0.717, 1.165) is 36.3 Å². The highest BCUT2D eigenvalue weighted by atomic mass is 16.7. The van der Waals surface area contributed by atoms with Crippen molar-refractivity contribution in [3.8, 4) is 5.75 Å². The lowest BCUT2D eigenvalue weighted by molar-refractivity contribution is -0.271. The molecule has 0 atom stereocenters. The highest BCUT2D eigenvalue weighted by molar-refractivity contribution is 5.98. The van der Waals surface area contributed by atoms with Crippen molar-refractivity contribution in [1.29, 1.82) is 0 Å². The molecule has 1 aromatic carbocycles. The van der Waals surface area contributed by atoms with Gasteiger partial charge in [-0.05, 0) is 62.9 Å². The van der Waals surface area contributed by atoms with E-state index >= 15 is 0 Å². The monoisotopic (exact) mass is 379 g/mol. The topological polar surface area (TPSA) is 86.6 Å². The van der Waals surface area contributed by atoms with Gasteiger partial charge in [0.2, 0.25) is 0 Å². The molecule has 1 aliphatic rings. The average Bonchev–Trinajstić information content (AvgIpc) is 2.66. The highest BCUT2D eigenvalue weighted by Gasteiger charge is 2.40. The summed E-state index contributed by atoms with van der Waals surface area (Å²) in [6.45, 7) is 7.28. The van der Waals surface area contributed by atoms with Gasteiger partial charge in [0.25, 0.3) is 5.79 Å². The maximum Gasteiger partial charge on any atom is 0.364 e. The number of unbranched alkanes of at least 4 members (excludes halogenated alkanes) is 1. The third kappa shape index (κ3) is 6.52. The summed E-state index contributed by atoms with van der Waals surface area (Å²) >= 11 is 0. The van der Waals surface area contributed by atoms with E-state index in [0.29, 0.717) is 26.4 Å². The second kappa shape index (κ2) is 10.3. The lowest BCUT2D eigenvalue weighted by atomic mass is 10.0. The normalized spacial score (nSPS) is 23.1. The molecule has 0 radical (unpaired) electrons. The van der Waals surface area contributed by atoms with Gasteiger partial charge in [0.15, 0.2) is 0 Å². The number of hydrogen-bond acceptors (Lipinski definition) is 6. The summed E-state index contributed by atoms with van der Waals surface area (Å²) in [5.41, 5.74) is 1.82. The number of carboxylic acid groups (broad SMARTS) is 1. The van der Waals surface area contributed by atoms with E-state index in [-0.39, 0.29) is 5.92 Å². The first kappa shape index (κ1) is 21.2. The molecule has 0 bridgehead atoms. The Morgan fingerprint density at radius 1 is 1.26 bits per heavy atom. The van der Waals surface area contributed by atoms with Crippen molar-refractivity contribution in [2.45, 2.75) is 45.8 Å². The summed E-state index contributed by atoms with van der Waals surface area (Å²) in [4.78, 5) is 16.4. The molecule has 0 saturated carbocycles. The molecule has 7 nitrogen and oxygen atoms in total. The fourth-order valence-electron chi connectivity index (χ4n) is 2.69. The number of benzene rings is 1. The van der Waals surface area contributed by atoms with Crippen LogP contribution in [0.2, 0.25) is 0 Å². The van der Waals surface area contributed by atoms with E-state index in [1.165, 1.54) is 6.92 Å². The van der Waals surface area contributed by atoms with Gasteiger partial charge < -0.3 is 24.2 Å². The van der Waals surface area contributed by atoms with Crippen LogP contribution in [0.1, 0.15) is 45.6 Å². The second-order valence-corrected chi connectivity index (χ2v) is 6.70. The van der Waals surface area contributed by atoms with Crippen molar-refractivity contribution in [2.75, 3.05) is 26.4 Å². The van der Waals surface area contributed by atoms with Crippen molar-refractivity contribution in [2.24, 2.45) is 11.1 Å². The SMILES string of the molecule is CCOc1ccc(C(C)=NOCCCCC2COC(C)(C(=O)O)OC2)cc1. The molecule has 1 fully saturated rings. The van der Waals surface area contributed by atoms with Crippen molar-refractivity contribution in [3.63, 3.8) is 0 Å². The molecular formula is C20H29NO6. The Bertz CT molecular complexity index is 620. The van der Waals surface area contributed by atoms with Crippen LogP contribution < -0.4 is 4.74 Å². The first-order valence-electron chi connectivity index (χ1n) is 9.35. The molecule has 7 heteroatoms. The van der Waals surface area contributed by atoms with Gasteiger partial charge in [-0.2, -0.15) is 0 Å². The Morgan fingerprint density at radius 2 is 1.93 bits per heavy atom. The fraction of sp³-hybridized carbons (Fsp3) is 0.600. The van der Waals surface area contributed by atoms with Gasteiger partial charge in [-0.15, -0.1) is 0 Å². The van der Waals surface area contributed by atoms with Crippen molar-refractivity contribution in [3.05, 3.63) is 29.8 Å². The highest BCUT2D eigenvalue weighted by Crippen LogP contribution is 2.24. The van der Waals surface area contributed by atoms with E-state index in [4.69, 9.17) is 24.2 Å². The Labute approximate surface area is 160 Å². The molecule has 150 valence electrons. The fourth-order valence-corrected chi connectivity index (χ4v) is 2.69. The lowest BCUT2D eigenvalue weighted by Crippen LogP contribution is -2.47. The number of hydrogen-bond donors (Lipinski definition) is 1. The third-order valence-corrected chi connectivity index (χ3v) is 4.46. The number of nitrogens with zero attached hydrogens (tertiary/aromatic N) is 1. The maximum atomic E-state index is 11.0. The Morgan fingerprint density at radius 3 is 2.52 bits per heavy atom. The van der Waals surface area contributed by atoms with Gasteiger partial charge in [0, 0.05) is 12.8 Å². The van der Waals surface area contributed by atoms with E-state index in [9.17, 15) is 4.79 Å². The smallest absolute Gasteiger partial charge is 0.364 e. The van der Waals surface area contributed by atoms with Crippen LogP contribution in [0.5, 0.6) is 5.75 Å². The summed E-state index contributed by atoms with van der Waals surface area (Å²) in [7, 11) is 0. The standard InChI is InChI=1S/C20H29NO6/c1-4-24-18-10-8-17(9-11-18)15(2)21-27-12-6-5-7-16-13-25-20(3,19(22)23)26-14-16/h8-11,16H,4-7,12-14H2,1-3H3,(H,22,23). The largest absolute Gasteiger partial charge is 0.494 e. The summed E-state index contributed by atoms with van der Waals surface area (Å²) in [6, 6.07) is 7.76. The maximum absolute atomic E-state index is 11.0. The summed E-state index contributed by atoms with van der Waals surface area (Å²) in [6.07, 6.45) is 2.71. The molecule has 0 unspecified atom stereocenters. The third-order valence-electron chi connectivity index (χ3n) is 4.46. The zero-order valence-electron chi connectivity index (χ0n) is 16.3. The number of rotatable bonds is 10. The molecule has 1 aliphatic heterocycles. The molecule has 0 amide bonds. The van der Waals surface area contributed by atoms with Gasteiger partial charge in [-0.25, -0.2) is 4.79 Å². The van der Waals surface area contributed by atoms with E-state index in [1.54, 1.807) is 0 Å². The summed E-state index contributed by atoms with van der Waals surface area (Å²) in [5.74, 6) is -1.54.